The second-order valence-electron chi connectivity index (χ2n) is 7.90. The van der Waals surface area contributed by atoms with E-state index in [0.29, 0.717) is 35.9 Å². The average molecular weight is 408 g/mol. The number of carbonyl (C=O) groups excluding carboxylic acids is 2. The quantitative estimate of drug-likeness (QED) is 0.481. The van der Waals surface area contributed by atoms with Crippen LogP contribution in [0.25, 0.3) is 0 Å². The van der Waals surface area contributed by atoms with E-state index in [9.17, 15) is 9.59 Å². The molecule has 0 bridgehead atoms. The molecule has 0 aliphatic heterocycles. The van der Waals surface area contributed by atoms with Crippen LogP contribution in [0.2, 0.25) is 0 Å². The number of carbonyl (C=O) groups is 2. The maximum absolute atomic E-state index is 13.0. The second-order valence-corrected chi connectivity index (χ2v) is 7.90. The Labute approximate surface area is 175 Å². The van der Waals surface area contributed by atoms with Crippen LogP contribution in [0, 0.1) is 5.92 Å². The predicted octanol–water partition coefficient (Wildman–Crippen LogP) is 5.21. The molecule has 1 aromatic rings. The van der Waals surface area contributed by atoms with Gasteiger partial charge in [-0.15, -0.1) is 0 Å². The molecular formula is C23H37NO5. The summed E-state index contributed by atoms with van der Waals surface area (Å²) in [6, 6.07) is 5.03. The molecule has 0 saturated carbocycles. The number of nitrogens with one attached hydrogen (secondary N) is 1. The van der Waals surface area contributed by atoms with Crippen LogP contribution in [-0.2, 0) is 14.3 Å². The van der Waals surface area contributed by atoms with Crippen molar-refractivity contribution in [3.63, 3.8) is 0 Å². The van der Waals surface area contributed by atoms with Crippen molar-refractivity contribution < 1.29 is 23.8 Å². The normalized spacial score (nSPS) is 14.2. The van der Waals surface area contributed by atoms with Crippen molar-refractivity contribution in [2.24, 2.45) is 5.92 Å². The van der Waals surface area contributed by atoms with Crippen LogP contribution in [0.3, 0.4) is 0 Å². The summed E-state index contributed by atoms with van der Waals surface area (Å²) < 4.78 is 16.9. The highest BCUT2D eigenvalue weighted by Gasteiger charge is 2.35. The number of anilines is 1. The molecule has 6 nitrogen and oxygen atoms in total. The summed E-state index contributed by atoms with van der Waals surface area (Å²) in [6.45, 7) is 14.4. The van der Waals surface area contributed by atoms with Crippen LogP contribution >= 0.6 is 0 Å². The van der Waals surface area contributed by atoms with E-state index < -0.39 is 11.6 Å². The Balaban J connectivity index is 3.14. The maximum atomic E-state index is 13.0. The Morgan fingerprint density at radius 1 is 1.14 bits per heavy atom. The third-order valence-corrected chi connectivity index (χ3v) is 4.54. The van der Waals surface area contributed by atoms with Crippen molar-refractivity contribution >= 4 is 17.6 Å². The predicted molar refractivity (Wildman–Crippen MR) is 116 cm³/mol. The molecule has 0 saturated heterocycles. The molecular weight excluding hydrogens is 370 g/mol. The summed E-state index contributed by atoms with van der Waals surface area (Å²) in [4.78, 5) is 25.4. The van der Waals surface area contributed by atoms with Gasteiger partial charge in [0.15, 0.2) is 0 Å². The molecule has 0 radical (unpaired) electrons. The first-order valence-electron chi connectivity index (χ1n) is 10.6. The van der Waals surface area contributed by atoms with Crippen LogP contribution in [0.4, 0.5) is 5.69 Å². The van der Waals surface area contributed by atoms with Crippen molar-refractivity contribution in [2.45, 2.75) is 79.4 Å². The van der Waals surface area contributed by atoms with Crippen molar-refractivity contribution in [1.29, 1.82) is 0 Å². The fourth-order valence-electron chi connectivity index (χ4n) is 2.97. The highest BCUT2D eigenvalue weighted by molar-refractivity contribution is 5.99. The fraction of sp³-hybridized carbons (Fsp3) is 0.652. The van der Waals surface area contributed by atoms with Gasteiger partial charge in [-0.25, -0.2) is 4.79 Å². The number of hydrogen-bond acceptors (Lipinski definition) is 5. The van der Waals surface area contributed by atoms with E-state index in [4.69, 9.17) is 14.2 Å². The Morgan fingerprint density at radius 3 is 2.38 bits per heavy atom. The van der Waals surface area contributed by atoms with Gasteiger partial charge >= 0.3 is 5.97 Å². The molecule has 0 spiro atoms. The highest BCUT2D eigenvalue weighted by Crippen LogP contribution is 2.28. The Hall–Kier alpha value is -2.08. The number of benzene rings is 1. The lowest BCUT2D eigenvalue weighted by Gasteiger charge is -2.30. The second kappa shape index (κ2) is 11.8. The smallest absolute Gasteiger partial charge is 0.341 e. The Kier molecular flexibility index (Phi) is 10.2. The molecule has 0 unspecified atom stereocenters. The number of rotatable bonds is 12. The monoisotopic (exact) mass is 407 g/mol. The van der Waals surface area contributed by atoms with Gasteiger partial charge in [-0.3, -0.25) is 4.79 Å². The zero-order valence-electron chi connectivity index (χ0n) is 19.0. The van der Waals surface area contributed by atoms with Gasteiger partial charge in [0.2, 0.25) is 0 Å². The summed E-state index contributed by atoms with van der Waals surface area (Å²) in [6.07, 6.45) is 2.19. The van der Waals surface area contributed by atoms with E-state index in [1.165, 1.54) is 0 Å². The zero-order chi connectivity index (χ0) is 22.0. The largest absolute Gasteiger partial charge is 0.490 e. The Morgan fingerprint density at radius 2 is 1.83 bits per heavy atom. The van der Waals surface area contributed by atoms with Gasteiger partial charge in [-0.2, -0.15) is 0 Å². The first kappa shape index (κ1) is 25.0. The lowest BCUT2D eigenvalue weighted by molar-refractivity contribution is -0.141. The molecule has 29 heavy (non-hydrogen) atoms. The van der Waals surface area contributed by atoms with E-state index >= 15 is 0 Å². The van der Waals surface area contributed by atoms with Gasteiger partial charge in [-0.05, 0) is 64.2 Å². The summed E-state index contributed by atoms with van der Waals surface area (Å²) in [5, 5.41) is 2.90. The van der Waals surface area contributed by atoms with Gasteiger partial charge in [0.05, 0.1) is 12.7 Å². The standard InChI is InChI=1S/C23H37NO5/c1-8-13-28-23(7,15-16(4)5)22(26)24-18-11-12-20(29-17(6)9-2)19(14-18)21(25)27-10-3/h11-12,14,16-17H,8-10,13,15H2,1-7H3,(H,24,26)/t17-,23-/m0/s1. The molecule has 1 aromatic carbocycles. The van der Waals surface area contributed by atoms with Gasteiger partial charge in [0.1, 0.15) is 16.9 Å². The van der Waals surface area contributed by atoms with Crippen molar-refractivity contribution in [1.82, 2.24) is 0 Å². The summed E-state index contributed by atoms with van der Waals surface area (Å²) in [5.74, 6) is 0.0334. The fourth-order valence-corrected chi connectivity index (χ4v) is 2.97. The van der Waals surface area contributed by atoms with Gasteiger partial charge in [0, 0.05) is 12.3 Å². The molecule has 1 N–H and O–H groups in total. The van der Waals surface area contributed by atoms with Crippen LogP contribution in [0.1, 0.15) is 78.1 Å². The lowest BCUT2D eigenvalue weighted by Crippen LogP contribution is -2.44. The lowest BCUT2D eigenvalue weighted by atomic mass is 9.93. The third-order valence-electron chi connectivity index (χ3n) is 4.54. The Bertz CT molecular complexity index is 673. The molecule has 1 amide bonds. The van der Waals surface area contributed by atoms with E-state index in [1.807, 2.05) is 27.7 Å². The summed E-state index contributed by atoms with van der Waals surface area (Å²) in [5.41, 5.74) is -0.144. The molecule has 0 fully saturated rings. The minimum absolute atomic E-state index is 0.0413. The van der Waals surface area contributed by atoms with Gasteiger partial charge in [0.25, 0.3) is 5.91 Å². The first-order valence-corrected chi connectivity index (χ1v) is 10.6. The van der Waals surface area contributed by atoms with Gasteiger partial charge in [-0.1, -0.05) is 27.7 Å². The molecule has 0 aliphatic carbocycles. The van der Waals surface area contributed by atoms with Crippen LogP contribution < -0.4 is 10.1 Å². The van der Waals surface area contributed by atoms with Crippen LogP contribution in [-0.4, -0.2) is 36.8 Å². The van der Waals surface area contributed by atoms with E-state index in [0.717, 1.165) is 12.8 Å². The highest BCUT2D eigenvalue weighted by atomic mass is 16.5. The molecule has 1 rings (SSSR count). The van der Waals surface area contributed by atoms with Gasteiger partial charge < -0.3 is 19.5 Å². The average Bonchev–Trinajstić information content (AvgIpc) is 2.66. The maximum Gasteiger partial charge on any atom is 0.341 e. The minimum atomic E-state index is -0.944. The first-order chi connectivity index (χ1) is 13.7. The van der Waals surface area contributed by atoms with E-state index in [-0.39, 0.29) is 18.6 Å². The number of hydrogen-bond donors (Lipinski definition) is 1. The molecule has 0 aromatic heterocycles. The molecule has 6 heteroatoms. The topological polar surface area (TPSA) is 73.9 Å². The zero-order valence-corrected chi connectivity index (χ0v) is 19.0. The number of amides is 1. The third kappa shape index (κ3) is 7.69. The summed E-state index contributed by atoms with van der Waals surface area (Å²) >= 11 is 0. The van der Waals surface area contributed by atoms with Crippen LogP contribution in [0.5, 0.6) is 5.75 Å². The molecule has 0 heterocycles. The van der Waals surface area contributed by atoms with Crippen molar-refractivity contribution in [2.75, 3.05) is 18.5 Å². The van der Waals surface area contributed by atoms with E-state index in [2.05, 4.69) is 19.2 Å². The van der Waals surface area contributed by atoms with Crippen LogP contribution in [0.15, 0.2) is 18.2 Å². The molecule has 164 valence electrons. The minimum Gasteiger partial charge on any atom is -0.490 e. The van der Waals surface area contributed by atoms with Crippen molar-refractivity contribution in [3.8, 4) is 5.75 Å². The SMILES string of the molecule is CCCO[C@@](C)(CC(C)C)C(=O)Nc1ccc(O[C@@H](C)CC)c(C(=O)OCC)c1. The number of ether oxygens (including phenoxy) is 3. The molecule has 2 atom stereocenters. The van der Waals surface area contributed by atoms with E-state index in [1.54, 1.807) is 25.1 Å². The molecule has 0 aliphatic rings. The number of esters is 1. The summed E-state index contributed by atoms with van der Waals surface area (Å²) in [7, 11) is 0. The van der Waals surface area contributed by atoms with Crippen molar-refractivity contribution in [3.05, 3.63) is 23.8 Å².